The van der Waals surface area contributed by atoms with Crippen LogP contribution < -0.4 is 16.8 Å². The molecule has 6 N–H and O–H groups in total. The molecule has 1 amide bonds. The summed E-state index contributed by atoms with van der Waals surface area (Å²) in [5, 5.41) is 13.0. The third kappa shape index (κ3) is 6.86. The summed E-state index contributed by atoms with van der Waals surface area (Å²) in [5.74, 6) is 3.63. The van der Waals surface area contributed by atoms with Crippen LogP contribution in [0, 0.1) is 23.6 Å². The van der Waals surface area contributed by atoms with Crippen molar-refractivity contribution in [2.45, 2.75) is 45.1 Å². The van der Waals surface area contributed by atoms with Crippen LogP contribution in [0.4, 0.5) is 10.1 Å². The van der Waals surface area contributed by atoms with Crippen molar-refractivity contribution >= 4 is 41.3 Å². The first-order valence-corrected chi connectivity index (χ1v) is 12.3. The van der Waals surface area contributed by atoms with Gasteiger partial charge in [0.15, 0.2) is 0 Å². The van der Waals surface area contributed by atoms with E-state index in [9.17, 15) is 14.3 Å². The van der Waals surface area contributed by atoms with Gasteiger partial charge in [-0.2, -0.15) is 11.8 Å². The lowest BCUT2D eigenvalue weighted by Gasteiger charge is -2.24. The number of hydrogen-bond donors (Lipinski definition) is 4. The molecule has 0 radical (unpaired) electrons. The van der Waals surface area contributed by atoms with Crippen LogP contribution in [0.5, 0.6) is 0 Å². The number of anilines is 1. The fraction of sp³-hybridized carbons (Fsp3) is 0.565. The minimum atomic E-state index is -0.497. The van der Waals surface area contributed by atoms with E-state index in [-0.39, 0.29) is 5.02 Å². The number of carbonyl (C=O) groups excluding carboxylic acids is 1. The maximum atomic E-state index is 12.5. The Balaban J connectivity index is 0.000000278. The molecular weight excluding hydrogens is 451 g/mol. The Morgan fingerprint density at radius 1 is 1.38 bits per heavy atom. The van der Waals surface area contributed by atoms with Gasteiger partial charge in [0.25, 0.3) is 0 Å². The molecule has 1 aromatic rings. The van der Waals surface area contributed by atoms with Crippen LogP contribution in [0.15, 0.2) is 34.5 Å². The van der Waals surface area contributed by atoms with E-state index in [0.29, 0.717) is 35.7 Å². The largest absolute Gasteiger partial charge is 0.401 e. The number of rotatable bonds is 7. The maximum Gasteiger partial charge on any atom is 0.211 e. The number of nitrogens with zero attached hydrogens (tertiary/aromatic N) is 1. The van der Waals surface area contributed by atoms with E-state index in [1.807, 2.05) is 18.7 Å². The molecule has 2 aliphatic carbocycles. The molecule has 3 rings (SSSR count). The second-order valence-corrected chi connectivity index (χ2v) is 10.2. The molecule has 0 saturated heterocycles. The number of allylic oxidation sites excluding steroid dienone is 1. The SMILES string of the molecule is CCSCC1(O)CC2CC(/C(N)=C(\C)C(N)=NC)CC2C1.O=CNc1ccc(F)c(Cl)c1. The van der Waals surface area contributed by atoms with Gasteiger partial charge >= 0.3 is 0 Å². The van der Waals surface area contributed by atoms with Crippen LogP contribution in [0.25, 0.3) is 0 Å². The molecule has 178 valence electrons. The smallest absolute Gasteiger partial charge is 0.211 e. The van der Waals surface area contributed by atoms with Gasteiger partial charge < -0.3 is 21.9 Å². The number of thioether (sulfide) groups is 1. The predicted molar refractivity (Wildman–Crippen MR) is 132 cm³/mol. The Hall–Kier alpha value is -1.77. The van der Waals surface area contributed by atoms with E-state index in [4.69, 9.17) is 23.1 Å². The average molecular weight is 485 g/mol. The summed E-state index contributed by atoms with van der Waals surface area (Å²) < 4.78 is 12.5. The quantitative estimate of drug-likeness (QED) is 0.263. The Morgan fingerprint density at radius 2 is 2.00 bits per heavy atom. The van der Waals surface area contributed by atoms with Crippen LogP contribution in [0.2, 0.25) is 5.02 Å². The van der Waals surface area contributed by atoms with E-state index < -0.39 is 11.4 Å². The van der Waals surface area contributed by atoms with E-state index in [2.05, 4.69) is 17.2 Å². The zero-order chi connectivity index (χ0) is 23.9. The Labute approximate surface area is 199 Å². The van der Waals surface area contributed by atoms with Crippen LogP contribution >= 0.6 is 23.4 Å². The number of hydrogen-bond acceptors (Lipinski definition) is 5. The molecule has 32 heavy (non-hydrogen) atoms. The van der Waals surface area contributed by atoms with E-state index in [1.165, 1.54) is 18.2 Å². The number of amidine groups is 1. The van der Waals surface area contributed by atoms with Crippen molar-refractivity contribution in [3.63, 3.8) is 0 Å². The first kappa shape index (κ1) is 26.5. The number of benzene rings is 1. The molecule has 1 aromatic carbocycles. The molecule has 6 nitrogen and oxygen atoms in total. The molecular formula is C23H34ClFN4O2S. The number of carbonyl (C=O) groups is 1. The van der Waals surface area contributed by atoms with Gasteiger partial charge in [0.05, 0.1) is 10.6 Å². The van der Waals surface area contributed by atoms with Crippen molar-refractivity contribution in [3.05, 3.63) is 40.3 Å². The fourth-order valence-electron chi connectivity index (χ4n) is 4.71. The molecule has 0 spiro atoms. The summed E-state index contributed by atoms with van der Waals surface area (Å²) in [6.07, 6.45) is 4.55. The van der Waals surface area contributed by atoms with Crippen LogP contribution in [-0.2, 0) is 4.79 Å². The van der Waals surface area contributed by atoms with Gasteiger partial charge in [-0.1, -0.05) is 18.5 Å². The maximum absolute atomic E-state index is 12.5. The summed E-state index contributed by atoms with van der Waals surface area (Å²) in [4.78, 5) is 13.9. The summed E-state index contributed by atoms with van der Waals surface area (Å²) in [6, 6.07) is 3.95. The highest BCUT2D eigenvalue weighted by Gasteiger charge is 2.48. The highest BCUT2D eigenvalue weighted by molar-refractivity contribution is 7.99. The average Bonchev–Trinajstić information content (AvgIpc) is 3.29. The number of aliphatic hydroxyl groups is 1. The van der Waals surface area contributed by atoms with Crippen molar-refractivity contribution in [1.82, 2.24) is 0 Å². The zero-order valence-corrected chi connectivity index (χ0v) is 20.5. The number of nitrogens with two attached hydrogens (primary N) is 2. The van der Waals surface area contributed by atoms with Crippen molar-refractivity contribution in [1.29, 1.82) is 0 Å². The molecule has 2 aliphatic rings. The first-order valence-electron chi connectivity index (χ1n) is 10.8. The van der Waals surface area contributed by atoms with Crippen LogP contribution in [0.1, 0.15) is 39.5 Å². The first-order chi connectivity index (χ1) is 15.1. The lowest BCUT2D eigenvalue weighted by molar-refractivity contribution is -0.105. The topological polar surface area (TPSA) is 114 Å². The predicted octanol–water partition coefficient (Wildman–Crippen LogP) is 4.17. The zero-order valence-electron chi connectivity index (χ0n) is 18.9. The van der Waals surface area contributed by atoms with Crippen molar-refractivity contribution < 1.29 is 14.3 Å². The van der Waals surface area contributed by atoms with E-state index in [1.54, 1.807) is 7.05 Å². The molecule has 0 bridgehead atoms. The Kier molecular flexibility index (Phi) is 9.85. The summed E-state index contributed by atoms with van der Waals surface area (Å²) >= 11 is 7.26. The molecule has 9 heteroatoms. The number of amides is 1. The third-order valence-corrected chi connectivity index (χ3v) is 7.78. The second-order valence-electron chi connectivity index (χ2n) is 8.54. The second kappa shape index (κ2) is 11.9. The normalized spacial score (nSPS) is 27.8. The monoisotopic (exact) mass is 484 g/mol. The molecule has 2 fully saturated rings. The molecule has 2 atom stereocenters. The summed E-state index contributed by atoms with van der Waals surface area (Å²) in [7, 11) is 1.70. The van der Waals surface area contributed by atoms with Gasteiger partial charge in [-0.05, 0) is 74.3 Å². The van der Waals surface area contributed by atoms with Gasteiger partial charge in [-0.3, -0.25) is 9.79 Å². The summed E-state index contributed by atoms with van der Waals surface area (Å²) in [5.41, 5.74) is 14.0. The number of nitrogens with one attached hydrogen (secondary N) is 1. The molecule has 0 aliphatic heterocycles. The molecule has 2 unspecified atom stereocenters. The standard InChI is InChI=1S/C16H29N3OS.C7H5ClFNO/c1-4-21-9-16(20)7-12-5-11(6-13(12)8-16)14(17)10(2)15(18)19-3;8-6-3-5(10-4-11)1-2-7(6)9/h11-13,20H,4-9,17H2,1-3H3,(H2,18,19);1-4H,(H,10,11)/b14-10-;. The molecule has 2 saturated carbocycles. The highest BCUT2D eigenvalue weighted by Crippen LogP contribution is 2.52. The van der Waals surface area contributed by atoms with Gasteiger partial charge in [0.1, 0.15) is 11.7 Å². The molecule has 0 heterocycles. The van der Waals surface area contributed by atoms with Crippen molar-refractivity contribution in [2.24, 2.45) is 34.2 Å². The minimum absolute atomic E-state index is 0.00292. The van der Waals surface area contributed by atoms with Crippen molar-refractivity contribution in [3.8, 4) is 0 Å². The fourth-order valence-corrected chi connectivity index (χ4v) is 5.71. The number of fused-ring (bicyclic) bond motifs is 1. The number of halogens is 2. The van der Waals surface area contributed by atoms with E-state index >= 15 is 0 Å². The Morgan fingerprint density at radius 3 is 2.50 bits per heavy atom. The molecule has 0 aromatic heterocycles. The van der Waals surface area contributed by atoms with Crippen LogP contribution in [-0.4, -0.2) is 41.5 Å². The Bertz CT molecular complexity index is 850. The van der Waals surface area contributed by atoms with Crippen molar-refractivity contribution in [2.75, 3.05) is 23.9 Å². The highest BCUT2D eigenvalue weighted by atomic mass is 35.5. The lowest BCUT2D eigenvalue weighted by atomic mass is 9.92. The number of aliphatic imine (C=N–C) groups is 1. The van der Waals surface area contributed by atoms with Gasteiger partial charge in [-0.15, -0.1) is 0 Å². The van der Waals surface area contributed by atoms with Gasteiger partial charge in [-0.25, -0.2) is 4.39 Å². The minimum Gasteiger partial charge on any atom is -0.401 e. The van der Waals surface area contributed by atoms with Gasteiger partial charge in [0.2, 0.25) is 6.41 Å². The van der Waals surface area contributed by atoms with E-state index in [0.717, 1.165) is 48.5 Å². The lowest BCUT2D eigenvalue weighted by Crippen LogP contribution is -2.29. The van der Waals surface area contributed by atoms with Crippen LogP contribution in [0.3, 0.4) is 0 Å². The summed E-state index contributed by atoms with van der Waals surface area (Å²) in [6.45, 7) is 4.10. The van der Waals surface area contributed by atoms with Gasteiger partial charge in [0, 0.05) is 29.8 Å². The third-order valence-electron chi connectivity index (χ3n) is 6.34.